The van der Waals surface area contributed by atoms with Crippen LogP contribution in [0.3, 0.4) is 0 Å². The zero-order valence-corrected chi connectivity index (χ0v) is 22.6. The summed E-state index contributed by atoms with van der Waals surface area (Å²) in [4.78, 5) is 48.6. The fraction of sp³-hybridized carbons (Fsp3) is 0.250. The quantitative estimate of drug-likeness (QED) is 0.150. The van der Waals surface area contributed by atoms with E-state index >= 15 is 0 Å². The lowest BCUT2D eigenvalue weighted by Gasteiger charge is -2.09. The van der Waals surface area contributed by atoms with Gasteiger partial charge in [0, 0.05) is 17.0 Å². The number of hydrogen-bond acceptors (Lipinski definition) is 8. The maximum Gasteiger partial charge on any atom is 0.341 e. The fourth-order valence-corrected chi connectivity index (χ4v) is 5.90. The van der Waals surface area contributed by atoms with Crippen LogP contribution in [0, 0.1) is 6.92 Å². The molecule has 1 aliphatic carbocycles. The molecule has 0 aliphatic heterocycles. The number of anilines is 2. The number of para-hydroxylation sites is 2. The number of ether oxygens (including phenoxy) is 1. The first-order valence-corrected chi connectivity index (χ1v) is 14.1. The van der Waals surface area contributed by atoms with Gasteiger partial charge in [0.2, 0.25) is 5.91 Å². The first-order chi connectivity index (χ1) is 18.4. The smallest absolute Gasteiger partial charge is 0.341 e. The maximum absolute atomic E-state index is 13.0. The predicted molar refractivity (Wildman–Crippen MR) is 150 cm³/mol. The number of amides is 2. The van der Waals surface area contributed by atoms with Crippen molar-refractivity contribution in [3.05, 3.63) is 76.4 Å². The Kier molecular flexibility index (Phi) is 7.71. The van der Waals surface area contributed by atoms with Gasteiger partial charge in [-0.05, 0) is 50.5 Å². The molecule has 1 saturated carbocycles. The third-order valence-electron chi connectivity index (χ3n) is 5.99. The number of rotatable bonds is 9. The molecular formula is C28H26N4O4S2. The molecule has 0 unspecified atom stereocenters. The predicted octanol–water partition coefficient (Wildman–Crippen LogP) is 6.04. The minimum absolute atomic E-state index is 0.0792. The van der Waals surface area contributed by atoms with Gasteiger partial charge < -0.3 is 15.4 Å². The molecule has 0 atom stereocenters. The van der Waals surface area contributed by atoms with E-state index in [0.29, 0.717) is 22.0 Å². The Bertz CT molecular complexity index is 1520. The standard InChI is InChI=1S/C28H26N4O4S2/c1-3-36-28(35)22-16(2)23(25(34)29-18-9-5-4-6-10-18)38-27(22)31-21(33)15-37-26-19-11-7-8-12-20(19)30-24(32-26)17-13-14-17/h4-12,17H,3,13-15H2,1-2H3,(H,29,34)(H,31,33). The van der Waals surface area contributed by atoms with E-state index in [1.165, 1.54) is 11.8 Å². The third kappa shape index (κ3) is 5.71. The van der Waals surface area contributed by atoms with Crippen LogP contribution in [-0.4, -0.2) is 40.1 Å². The molecule has 5 rings (SSSR count). The van der Waals surface area contributed by atoms with Gasteiger partial charge in [0.25, 0.3) is 5.91 Å². The van der Waals surface area contributed by atoms with Gasteiger partial charge in [-0.3, -0.25) is 9.59 Å². The summed E-state index contributed by atoms with van der Waals surface area (Å²) >= 11 is 2.38. The number of nitrogens with zero attached hydrogens (tertiary/aromatic N) is 2. The average Bonchev–Trinajstić information content (AvgIpc) is 3.71. The van der Waals surface area contributed by atoms with Gasteiger partial charge in [0.05, 0.1) is 28.3 Å². The maximum atomic E-state index is 13.0. The second-order valence-electron chi connectivity index (χ2n) is 8.82. The molecule has 1 fully saturated rings. The van der Waals surface area contributed by atoms with Crippen molar-refractivity contribution in [2.75, 3.05) is 23.0 Å². The highest BCUT2D eigenvalue weighted by molar-refractivity contribution is 8.00. The van der Waals surface area contributed by atoms with Gasteiger partial charge in [-0.2, -0.15) is 0 Å². The molecule has 0 radical (unpaired) electrons. The van der Waals surface area contributed by atoms with E-state index in [9.17, 15) is 14.4 Å². The number of thiophene rings is 1. The van der Waals surface area contributed by atoms with Gasteiger partial charge in [-0.25, -0.2) is 14.8 Å². The van der Waals surface area contributed by atoms with Crippen molar-refractivity contribution in [1.29, 1.82) is 0 Å². The molecule has 1 aliphatic rings. The molecule has 2 N–H and O–H groups in total. The molecule has 8 nitrogen and oxygen atoms in total. The molecule has 0 spiro atoms. The SMILES string of the molecule is CCOC(=O)c1c(NC(=O)CSc2nc(C3CC3)nc3ccccc23)sc(C(=O)Nc2ccccc2)c1C. The molecule has 2 aromatic heterocycles. The average molecular weight is 547 g/mol. The van der Waals surface area contributed by atoms with Crippen molar-refractivity contribution in [3.8, 4) is 0 Å². The van der Waals surface area contributed by atoms with Crippen LogP contribution in [0.4, 0.5) is 10.7 Å². The number of hydrogen-bond donors (Lipinski definition) is 2. The Morgan fingerprint density at radius 3 is 2.50 bits per heavy atom. The van der Waals surface area contributed by atoms with Crippen molar-refractivity contribution in [2.45, 2.75) is 37.6 Å². The highest BCUT2D eigenvalue weighted by atomic mass is 32.2. The molecule has 0 saturated heterocycles. The molecular weight excluding hydrogens is 520 g/mol. The highest BCUT2D eigenvalue weighted by Crippen LogP contribution is 2.40. The van der Waals surface area contributed by atoms with Crippen molar-refractivity contribution >= 4 is 62.5 Å². The molecule has 2 amide bonds. The Morgan fingerprint density at radius 1 is 1.03 bits per heavy atom. The van der Waals surface area contributed by atoms with Crippen LogP contribution in [0.5, 0.6) is 0 Å². The van der Waals surface area contributed by atoms with E-state index in [4.69, 9.17) is 9.72 Å². The minimum atomic E-state index is -0.584. The van der Waals surface area contributed by atoms with Crippen LogP contribution in [0.1, 0.15) is 57.1 Å². The first kappa shape index (κ1) is 25.9. The lowest BCUT2D eigenvalue weighted by atomic mass is 10.1. The molecule has 2 heterocycles. The van der Waals surface area contributed by atoms with E-state index < -0.39 is 5.97 Å². The monoisotopic (exact) mass is 546 g/mol. The van der Waals surface area contributed by atoms with Crippen molar-refractivity contribution < 1.29 is 19.1 Å². The summed E-state index contributed by atoms with van der Waals surface area (Å²) in [5.74, 6) is 0.0229. The molecule has 38 heavy (non-hydrogen) atoms. The molecule has 194 valence electrons. The van der Waals surface area contributed by atoms with Crippen molar-refractivity contribution in [1.82, 2.24) is 9.97 Å². The summed E-state index contributed by atoms with van der Waals surface area (Å²) in [6.45, 7) is 3.56. The zero-order chi connectivity index (χ0) is 26.6. The second kappa shape index (κ2) is 11.3. The molecule has 2 aromatic carbocycles. The van der Waals surface area contributed by atoms with E-state index in [0.717, 1.165) is 45.9 Å². The second-order valence-corrected chi connectivity index (χ2v) is 10.8. The number of aromatic nitrogens is 2. The summed E-state index contributed by atoms with van der Waals surface area (Å²) in [6, 6.07) is 16.8. The number of esters is 1. The van der Waals surface area contributed by atoms with Gasteiger partial charge in [0.15, 0.2) is 0 Å². The van der Waals surface area contributed by atoms with Gasteiger partial charge in [-0.15, -0.1) is 11.3 Å². The van der Waals surface area contributed by atoms with Gasteiger partial charge in [-0.1, -0.05) is 48.2 Å². The van der Waals surface area contributed by atoms with E-state index in [2.05, 4.69) is 15.6 Å². The van der Waals surface area contributed by atoms with E-state index in [1.807, 2.05) is 42.5 Å². The molecule has 4 aromatic rings. The van der Waals surface area contributed by atoms with Crippen LogP contribution >= 0.6 is 23.1 Å². The molecule has 0 bridgehead atoms. The van der Waals surface area contributed by atoms with Crippen molar-refractivity contribution in [2.24, 2.45) is 0 Å². The van der Waals surface area contributed by atoms with Gasteiger partial charge in [0.1, 0.15) is 15.9 Å². The number of carbonyl (C=O) groups excluding carboxylic acids is 3. The summed E-state index contributed by atoms with van der Waals surface area (Å²) in [6.07, 6.45) is 2.16. The Balaban J connectivity index is 1.36. The molecule has 10 heteroatoms. The van der Waals surface area contributed by atoms with Crippen molar-refractivity contribution in [3.63, 3.8) is 0 Å². The number of thioether (sulfide) groups is 1. The Morgan fingerprint density at radius 2 is 1.76 bits per heavy atom. The topological polar surface area (TPSA) is 110 Å². The fourth-order valence-electron chi connectivity index (χ4n) is 3.97. The highest BCUT2D eigenvalue weighted by Gasteiger charge is 2.29. The van der Waals surface area contributed by atoms with Crippen LogP contribution < -0.4 is 10.6 Å². The summed E-state index contributed by atoms with van der Waals surface area (Å²) in [7, 11) is 0. The summed E-state index contributed by atoms with van der Waals surface area (Å²) in [5, 5.41) is 7.61. The lowest BCUT2D eigenvalue weighted by molar-refractivity contribution is -0.113. The third-order valence-corrected chi connectivity index (χ3v) is 8.18. The minimum Gasteiger partial charge on any atom is -0.462 e. The van der Waals surface area contributed by atoms with Gasteiger partial charge >= 0.3 is 5.97 Å². The summed E-state index contributed by atoms with van der Waals surface area (Å²) < 4.78 is 5.22. The number of carbonyl (C=O) groups is 3. The van der Waals surface area contributed by atoms with E-state index in [-0.39, 0.29) is 34.7 Å². The Hall–Kier alpha value is -3.76. The summed E-state index contributed by atoms with van der Waals surface area (Å²) in [5.41, 5.74) is 2.14. The normalized spacial score (nSPS) is 12.8. The van der Waals surface area contributed by atoms with Crippen LogP contribution in [0.15, 0.2) is 59.6 Å². The lowest BCUT2D eigenvalue weighted by Crippen LogP contribution is -2.16. The van der Waals surface area contributed by atoms with E-state index in [1.54, 1.807) is 26.0 Å². The number of benzene rings is 2. The van der Waals surface area contributed by atoms with Crippen LogP contribution in [0.2, 0.25) is 0 Å². The largest absolute Gasteiger partial charge is 0.462 e. The number of nitrogens with one attached hydrogen (secondary N) is 2. The van der Waals surface area contributed by atoms with Crippen LogP contribution in [-0.2, 0) is 9.53 Å². The number of fused-ring (bicyclic) bond motifs is 1. The Labute approximate surface area is 228 Å². The van der Waals surface area contributed by atoms with Crippen LogP contribution in [0.25, 0.3) is 10.9 Å². The zero-order valence-electron chi connectivity index (χ0n) is 20.9. The first-order valence-electron chi connectivity index (χ1n) is 12.3.